The summed E-state index contributed by atoms with van der Waals surface area (Å²) in [5.74, 6) is 0.706. The summed E-state index contributed by atoms with van der Waals surface area (Å²) in [6, 6.07) is 7.66. The van der Waals surface area contributed by atoms with Gasteiger partial charge in [-0.2, -0.15) is 4.98 Å². The molecule has 0 spiro atoms. The Morgan fingerprint density at radius 3 is 2.56 bits per heavy atom. The molecule has 0 radical (unpaired) electrons. The first-order valence-corrected chi connectivity index (χ1v) is 8.70. The van der Waals surface area contributed by atoms with Crippen LogP contribution in [0.15, 0.2) is 30.6 Å². The van der Waals surface area contributed by atoms with E-state index < -0.39 is 4.92 Å². The number of rotatable bonds is 6. The minimum absolute atomic E-state index is 0.0393. The van der Waals surface area contributed by atoms with Crippen molar-refractivity contribution >= 4 is 11.5 Å². The van der Waals surface area contributed by atoms with Crippen LogP contribution in [0, 0.1) is 10.1 Å². The molecule has 1 aromatic heterocycles. The molecule has 0 amide bonds. The number of nitrogens with zero attached hydrogens (tertiary/aromatic N) is 3. The predicted molar refractivity (Wildman–Crippen MR) is 95.1 cm³/mol. The highest BCUT2D eigenvalue weighted by atomic mass is 16.6. The summed E-state index contributed by atoms with van der Waals surface area (Å²) in [6.45, 7) is 2.06. The Kier molecular flexibility index (Phi) is 5.42. The molecule has 1 aromatic carbocycles. The summed E-state index contributed by atoms with van der Waals surface area (Å²) in [6.07, 6.45) is 7.68. The summed E-state index contributed by atoms with van der Waals surface area (Å²) in [5.41, 5.74) is 0.955. The summed E-state index contributed by atoms with van der Waals surface area (Å²) in [5, 5.41) is 14.8. The number of hydrogen-bond donors (Lipinski definition) is 1. The maximum absolute atomic E-state index is 11.6. The Morgan fingerprint density at radius 1 is 1.20 bits per heavy atom. The predicted octanol–water partition coefficient (Wildman–Crippen LogP) is 4.48. The van der Waals surface area contributed by atoms with Crippen molar-refractivity contribution in [2.75, 3.05) is 5.32 Å². The number of nitrogens with one attached hydrogen (secondary N) is 1. The zero-order valence-electron chi connectivity index (χ0n) is 14.3. The number of aryl methyl sites for hydroxylation is 1. The van der Waals surface area contributed by atoms with Crippen molar-refractivity contribution in [2.24, 2.45) is 0 Å². The van der Waals surface area contributed by atoms with Crippen LogP contribution in [-0.4, -0.2) is 20.9 Å². The molecule has 1 heterocycles. The topological polar surface area (TPSA) is 90.2 Å². The first-order valence-electron chi connectivity index (χ1n) is 8.70. The van der Waals surface area contributed by atoms with E-state index in [1.807, 2.05) is 12.1 Å². The van der Waals surface area contributed by atoms with E-state index in [9.17, 15) is 10.1 Å². The van der Waals surface area contributed by atoms with Crippen LogP contribution in [-0.2, 0) is 6.42 Å². The molecule has 25 heavy (non-hydrogen) atoms. The van der Waals surface area contributed by atoms with Crippen molar-refractivity contribution < 1.29 is 9.66 Å². The van der Waals surface area contributed by atoms with Gasteiger partial charge in [0, 0.05) is 6.04 Å². The van der Waals surface area contributed by atoms with Crippen LogP contribution in [0.2, 0.25) is 0 Å². The van der Waals surface area contributed by atoms with Gasteiger partial charge in [0.25, 0.3) is 0 Å². The quantitative estimate of drug-likeness (QED) is 0.614. The van der Waals surface area contributed by atoms with Crippen molar-refractivity contribution in [2.45, 2.75) is 51.5 Å². The number of aromatic nitrogens is 2. The second-order valence-corrected chi connectivity index (χ2v) is 6.21. The molecule has 7 nitrogen and oxygen atoms in total. The smallest absolute Gasteiger partial charge is 0.373 e. The van der Waals surface area contributed by atoms with E-state index in [2.05, 4.69) is 22.2 Å². The summed E-state index contributed by atoms with van der Waals surface area (Å²) in [4.78, 5) is 19.2. The van der Waals surface area contributed by atoms with Gasteiger partial charge < -0.3 is 10.1 Å². The largest absolute Gasteiger partial charge is 0.434 e. The third-order valence-electron chi connectivity index (χ3n) is 4.46. The first kappa shape index (κ1) is 17.1. The van der Waals surface area contributed by atoms with Gasteiger partial charge in [0.1, 0.15) is 12.1 Å². The summed E-state index contributed by atoms with van der Waals surface area (Å²) >= 11 is 0. The van der Waals surface area contributed by atoms with Gasteiger partial charge in [-0.05, 0) is 37.0 Å². The molecule has 1 N–H and O–H groups in total. The van der Waals surface area contributed by atoms with E-state index >= 15 is 0 Å². The lowest BCUT2D eigenvalue weighted by Crippen LogP contribution is -2.23. The maximum Gasteiger partial charge on any atom is 0.373 e. The average molecular weight is 342 g/mol. The van der Waals surface area contributed by atoms with Crippen molar-refractivity contribution in [3.05, 3.63) is 46.3 Å². The van der Waals surface area contributed by atoms with Gasteiger partial charge >= 0.3 is 11.6 Å². The standard InChI is InChI=1S/C18H22N4O3/c1-2-13-8-10-15(11-9-13)25-18-16(22(23)24)17(19-12-20-18)21-14-6-4-3-5-7-14/h8-12,14H,2-7H2,1H3,(H,19,20,21). The minimum atomic E-state index is -0.485. The molecule has 132 valence electrons. The van der Waals surface area contributed by atoms with Gasteiger partial charge in [0.15, 0.2) is 0 Å². The van der Waals surface area contributed by atoms with Crippen LogP contribution in [0.1, 0.15) is 44.6 Å². The lowest BCUT2D eigenvalue weighted by atomic mass is 9.95. The van der Waals surface area contributed by atoms with Crippen LogP contribution >= 0.6 is 0 Å². The highest BCUT2D eigenvalue weighted by molar-refractivity contribution is 5.62. The zero-order chi connectivity index (χ0) is 17.6. The number of benzene rings is 1. The van der Waals surface area contributed by atoms with Gasteiger partial charge in [0.05, 0.1) is 4.92 Å². The van der Waals surface area contributed by atoms with Crippen molar-refractivity contribution in [3.63, 3.8) is 0 Å². The number of anilines is 1. The van der Waals surface area contributed by atoms with E-state index in [4.69, 9.17) is 4.74 Å². The van der Waals surface area contributed by atoms with Gasteiger partial charge in [-0.3, -0.25) is 10.1 Å². The molecule has 1 aliphatic carbocycles. The van der Waals surface area contributed by atoms with Gasteiger partial charge in [0.2, 0.25) is 5.82 Å². The lowest BCUT2D eigenvalue weighted by Gasteiger charge is -2.23. The SMILES string of the molecule is CCc1ccc(Oc2ncnc(NC3CCCCC3)c2[N+](=O)[O-])cc1. The average Bonchev–Trinajstić information content (AvgIpc) is 2.63. The van der Waals surface area contributed by atoms with Gasteiger partial charge in [-0.1, -0.05) is 38.3 Å². The molecule has 7 heteroatoms. The second-order valence-electron chi connectivity index (χ2n) is 6.21. The molecule has 1 fully saturated rings. The Balaban J connectivity index is 1.84. The molecule has 2 aromatic rings. The zero-order valence-corrected chi connectivity index (χ0v) is 14.3. The van der Waals surface area contributed by atoms with Gasteiger partial charge in [-0.15, -0.1) is 0 Å². The number of hydrogen-bond acceptors (Lipinski definition) is 6. The Hall–Kier alpha value is -2.70. The fraction of sp³-hybridized carbons (Fsp3) is 0.444. The molecule has 0 unspecified atom stereocenters. The molecule has 0 aliphatic heterocycles. The van der Waals surface area contributed by atoms with E-state index in [0.29, 0.717) is 5.75 Å². The monoisotopic (exact) mass is 342 g/mol. The molecule has 0 bridgehead atoms. The summed E-state index contributed by atoms with van der Waals surface area (Å²) in [7, 11) is 0. The Bertz CT molecular complexity index is 728. The van der Waals surface area contributed by atoms with Gasteiger partial charge in [-0.25, -0.2) is 4.98 Å². The summed E-state index contributed by atoms with van der Waals surface area (Å²) < 4.78 is 5.67. The second kappa shape index (κ2) is 7.92. The molecule has 1 saturated carbocycles. The molecular weight excluding hydrogens is 320 g/mol. The Morgan fingerprint density at radius 2 is 1.92 bits per heavy atom. The number of nitro groups is 1. The van der Waals surface area contributed by atoms with Crippen LogP contribution in [0.25, 0.3) is 0 Å². The van der Waals surface area contributed by atoms with Crippen LogP contribution in [0.3, 0.4) is 0 Å². The highest BCUT2D eigenvalue weighted by Gasteiger charge is 2.27. The first-order chi connectivity index (χ1) is 12.2. The van der Waals surface area contributed by atoms with E-state index in [0.717, 1.165) is 32.1 Å². The van der Waals surface area contributed by atoms with Crippen LogP contribution in [0.5, 0.6) is 11.6 Å². The normalized spacial score (nSPS) is 14.9. The Labute approximate surface area is 146 Å². The fourth-order valence-electron chi connectivity index (χ4n) is 3.05. The van der Waals surface area contributed by atoms with E-state index in [1.165, 1.54) is 18.3 Å². The van der Waals surface area contributed by atoms with Crippen molar-refractivity contribution in [3.8, 4) is 11.6 Å². The molecular formula is C18H22N4O3. The third-order valence-corrected chi connectivity index (χ3v) is 4.46. The fourth-order valence-corrected chi connectivity index (χ4v) is 3.05. The maximum atomic E-state index is 11.6. The molecule has 0 saturated heterocycles. The third kappa shape index (κ3) is 4.23. The molecule has 3 rings (SSSR count). The van der Waals surface area contributed by atoms with Crippen LogP contribution in [0.4, 0.5) is 11.5 Å². The van der Waals surface area contributed by atoms with Crippen molar-refractivity contribution in [1.82, 2.24) is 9.97 Å². The van der Waals surface area contributed by atoms with Crippen LogP contribution < -0.4 is 10.1 Å². The molecule has 0 atom stereocenters. The number of ether oxygens (including phenoxy) is 1. The van der Waals surface area contributed by atoms with E-state index in [1.54, 1.807) is 12.1 Å². The highest BCUT2D eigenvalue weighted by Crippen LogP contribution is 2.35. The van der Waals surface area contributed by atoms with E-state index in [-0.39, 0.29) is 23.4 Å². The lowest BCUT2D eigenvalue weighted by molar-refractivity contribution is -0.385. The minimum Gasteiger partial charge on any atom is -0.434 e. The van der Waals surface area contributed by atoms with Crippen molar-refractivity contribution in [1.29, 1.82) is 0 Å². The molecule has 1 aliphatic rings.